The van der Waals surface area contributed by atoms with E-state index in [1.807, 2.05) is 0 Å². The first-order valence-corrected chi connectivity index (χ1v) is 17.7. The Balaban J connectivity index is 1.21. The zero-order valence-electron chi connectivity index (χ0n) is 29.1. The van der Waals surface area contributed by atoms with Crippen LogP contribution in [0, 0.1) is 27.7 Å². The molecule has 50 heavy (non-hydrogen) atoms. The minimum Gasteiger partial charge on any atom is -0.311 e. The first-order valence-electron chi connectivity index (χ1n) is 17.7. The molecular formula is C46H38B2N2. The molecule has 238 valence electrons. The average Bonchev–Trinajstić information content (AvgIpc) is 3.14. The second-order valence-corrected chi connectivity index (χ2v) is 13.9. The third-order valence-corrected chi connectivity index (χ3v) is 10.8. The molecule has 2 nitrogen and oxygen atoms in total. The van der Waals surface area contributed by atoms with Crippen LogP contribution in [0.4, 0.5) is 34.1 Å². The van der Waals surface area contributed by atoms with E-state index in [0.717, 1.165) is 0 Å². The molecule has 0 saturated carbocycles. The van der Waals surface area contributed by atoms with Gasteiger partial charge in [-0.1, -0.05) is 144 Å². The first kappa shape index (κ1) is 30.3. The first-order chi connectivity index (χ1) is 24.5. The molecule has 0 radical (unpaired) electrons. The smallest absolute Gasteiger partial charge is 0.246 e. The highest BCUT2D eigenvalue weighted by atomic mass is 15.2. The normalized spacial score (nSPS) is 13.0. The van der Waals surface area contributed by atoms with Crippen LogP contribution in [0.25, 0.3) is 0 Å². The Morgan fingerprint density at radius 1 is 0.300 bits per heavy atom. The molecule has 9 rings (SSSR count). The largest absolute Gasteiger partial charge is 0.311 e. The molecule has 0 aromatic heterocycles. The summed E-state index contributed by atoms with van der Waals surface area (Å²) in [4.78, 5) is 4.97. The van der Waals surface area contributed by atoms with Crippen LogP contribution in [-0.2, 0) is 0 Å². The number of benzene rings is 7. The zero-order valence-corrected chi connectivity index (χ0v) is 29.1. The summed E-state index contributed by atoms with van der Waals surface area (Å²) in [5.41, 5.74) is 20.7. The monoisotopic (exact) mass is 640 g/mol. The summed E-state index contributed by atoms with van der Waals surface area (Å²) in [6.07, 6.45) is 0. The van der Waals surface area contributed by atoms with Gasteiger partial charge in [0.15, 0.2) is 0 Å². The lowest BCUT2D eigenvalue weighted by atomic mass is 9.33. The summed E-state index contributed by atoms with van der Waals surface area (Å²) in [6.45, 7) is 9.24. The van der Waals surface area contributed by atoms with E-state index in [9.17, 15) is 0 Å². The van der Waals surface area contributed by atoms with E-state index in [1.165, 1.54) is 89.2 Å². The molecule has 2 aliphatic rings. The summed E-state index contributed by atoms with van der Waals surface area (Å²) in [5.74, 6) is 0. The molecule has 7 aromatic rings. The van der Waals surface area contributed by atoms with Crippen molar-refractivity contribution in [3.8, 4) is 0 Å². The topological polar surface area (TPSA) is 6.48 Å². The molecule has 0 saturated heterocycles. The van der Waals surface area contributed by atoms with Gasteiger partial charge < -0.3 is 9.80 Å². The van der Waals surface area contributed by atoms with Gasteiger partial charge in [0.2, 0.25) is 13.4 Å². The summed E-state index contributed by atoms with van der Waals surface area (Å²) >= 11 is 0. The molecule has 0 N–H and O–H groups in total. The second-order valence-electron chi connectivity index (χ2n) is 13.9. The molecule has 0 bridgehead atoms. The van der Waals surface area contributed by atoms with Gasteiger partial charge in [-0.3, -0.25) is 0 Å². The fourth-order valence-corrected chi connectivity index (χ4v) is 8.71. The third-order valence-electron chi connectivity index (χ3n) is 10.8. The number of rotatable bonds is 4. The van der Waals surface area contributed by atoms with Crippen molar-refractivity contribution in [2.75, 3.05) is 9.80 Å². The van der Waals surface area contributed by atoms with Gasteiger partial charge in [0.1, 0.15) is 0 Å². The van der Waals surface area contributed by atoms with E-state index in [1.54, 1.807) is 0 Å². The number of aryl methyl sites for hydroxylation is 4. The van der Waals surface area contributed by atoms with Crippen LogP contribution in [0.15, 0.2) is 158 Å². The molecule has 0 atom stereocenters. The molecule has 0 aliphatic carbocycles. The zero-order chi connectivity index (χ0) is 33.9. The van der Waals surface area contributed by atoms with Crippen LogP contribution in [-0.4, -0.2) is 13.4 Å². The molecule has 7 aromatic carbocycles. The SMILES string of the molecule is Cc1cccc2c1N(c1ccccc1)c1c(C)cccc1B2c1ccc(B2c3cccc(C)c3N(c3ccccc3)c3c(C)cccc32)cc1. The molecule has 0 fully saturated rings. The standard InChI is InChI=1S/C46H38B2N2/c1-31-15-11-23-39-43(31)49(37-19-7-5-8-20-37)44-32(2)16-12-24-40(44)47(39)35-27-29-36(30-28-35)48-41-25-13-17-33(3)45(41)50(38-21-9-6-10-22-38)46-34(4)18-14-26-42(46)48/h5-30H,1-4H3. The minimum absolute atomic E-state index is 0.123. The molecule has 0 amide bonds. The fraction of sp³-hybridized carbons (Fsp3) is 0.0870. The number of hydrogen-bond acceptors (Lipinski definition) is 2. The van der Waals surface area contributed by atoms with Gasteiger partial charge in [-0.25, -0.2) is 0 Å². The Labute approximate surface area is 296 Å². The maximum absolute atomic E-state index is 2.49. The van der Waals surface area contributed by atoms with E-state index in [4.69, 9.17) is 0 Å². The Hall–Kier alpha value is -5.73. The summed E-state index contributed by atoms with van der Waals surface area (Å²) in [6, 6.07) is 58.4. The Bertz CT molecular complexity index is 2110. The molecule has 0 spiro atoms. The quantitative estimate of drug-likeness (QED) is 0.184. The Morgan fingerprint density at radius 2 is 0.580 bits per heavy atom. The van der Waals surface area contributed by atoms with Crippen molar-refractivity contribution in [3.63, 3.8) is 0 Å². The molecule has 4 heteroatoms. The van der Waals surface area contributed by atoms with Gasteiger partial charge in [0.05, 0.1) is 0 Å². The number of fused-ring (bicyclic) bond motifs is 4. The van der Waals surface area contributed by atoms with Gasteiger partial charge in [0.25, 0.3) is 0 Å². The summed E-state index contributed by atoms with van der Waals surface area (Å²) in [5, 5.41) is 0. The van der Waals surface area contributed by atoms with Crippen molar-refractivity contribution < 1.29 is 0 Å². The van der Waals surface area contributed by atoms with Crippen LogP contribution in [0.2, 0.25) is 0 Å². The average molecular weight is 640 g/mol. The van der Waals surface area contributed by atoms with Crippen LogP contribution >= 0.6 is 0 Å². The highest BCUT2D eigenvalue weighted by Gasteiger charge is 2.39. The lowest BCUT2D eigenvalue weighted by Crippen LogP contribution is -2.59. The van der Waals surface area contributed by atoms with Crippen molar-refractivity contribution in [1.29, 1.82) is 0 Å². The van der Waals surface area contributed by atoms with Gasteiger partial charge in [-0.15, -0.1) is 0 Å². The van der Waals surface area contributed by atoms with Crippen LogP contribution in [0.5, 0.6) is 0 Å². The van der Waals surface area contributed by atoms with Crippen LogP contribution in [0.3, 0.4) is 0 Å². The van der Waals surface area contributed by atoms with E-state index < -0.39 is 0 Å². The summed E-state index contributed by atoms with van der Waals surface area (Å²) in [7, 11) is 0. The maximum atomic E-state index is 2.49. The third kappa shape index (κ3) is 4.66. The van der Waals surface area contributed by atoms with Gasteiger partial charge in [-0.05, 0) is 96.1 Å². The van der Waals surface area contributed by atoms with E-state index in [2.05, 4.69) is 195 Å². The molecule has 2 aliphatic heterocycles. The summed E-state index contributed by atoms with van der Waals surface area (Å²) < 4.78 is 0. The number of nitrogens with zero attached hydrogens (tertiary/aromatic N) is 2. The lowest BCUT2D eigenvalue weighted by molar-refractivity contribution is 1.23. The predicted molar refractivity (Wildman–Crippen MR) is 217 cm³/mol. The number of anilines is 6. The van der Waals surface area contributed by atoms with Crippen molar-refractivity contribution >= 4 is 80.3 Å². The number of para-hydroxylation sites is 6. The molecule has 2 heterocycles. The van der Waals surface area contributed by atoms with E-state index in [-0.39, 0.29) is 13.4 Å². The minimum atomic E-state index is 0.123. The molecular weight excluding hydrogens is 602 g/mol. The Morgan fingerprint density at radius 3 is 0.860 bits per heavy atom. The van der Waals surface area contributed by atoms with Gasteiger partial charge in [-0.2, -0.15) is 0 Å². The van der Waals surface area contributed by atoms with Crippen molar-refractivity contribution in [3.05, 3.63) is 180 Å². The van der Waals surface area contributed by atoms with Gasteiger partial charge in [0, 0.05) is 34.1 Å². The van der Waals surface area contributed by atoms with E-state index >= 15 is 0 Å². The van der Waals surface area contributed by atoms with Crippen molar-refractivity contribution in [1.82, 2.24) is 0 Å². The maximum Gasteiger partial charge on any atom is 0.246 e. The van der Waals surface area contributed by atoms with Gasteiger partial charge >= 0.3 is 0 Å². The van der Waals surface area contributed by atoms with Crippen molar-refractivity contribution in [2.24, 2.45) is 0 Å². The van der Waals surface area contributed by atoms with E-state index in [0.29, 0.717) is 0 Å². The highest BCUT2D eigenvalue weighted by Crippen LogP contribution is 2.40. The Kier molecular flexibility index (Phi) is 7.28. The fourth-order valence-electron chi connectivity index (χ4n) is 8.71. The van der Waals surface area contributed by atoms with Crippen LogP contribution < -0.4 is 42.6 Å². The van der Waals surface area contributed by atoms with Crippen molar-refractivity contribution in [2.45, 2.75) is 27.7 Å². The number of hydrogen-bond donors (Lipinski definition) is 0. The lowest BCUT2D eigenvalue weighted by Gasteiger charge is -2.39. The van der Waals surface area contributed by atoms with Crippen LogP contribution in [0.1, 0.15) is 22.3 Å². The molecule has 0 unspecified atom stereocenters. The second kappa shape index (κ2) is 12.0. The highest BCUT2D eigenvalue weighted by molar-refractivity contribution is 6.99. The predicted octanol–water partition coefficient (Wildman–Crippen LogP) is 7.52.